The maximum Gasteiger partial charge on any atom is 0.218 e. The fourth-order valence-corrected chi connectivity index (χ4v) is 3.27. The molecule has 1 aliphatic carbocycles. The number of benzene rings is 1. The van der Waals surface area contributed by atoms with Crippen LogP contribution in [0.3, 0.4) is 0 Å². The van der Waals surface area contributed by atoms with Gasteiger partial charge in [0, 0.05) is 12.5 Å². The van der Waals surface area contributed by atoms with Crippen LogP contribution in [0.25, 0.3) is 0 Å². The van der Waals surface area contributed by atoms with Crippen molar-refractivity contribution in [1.82, 2.24) is 0 Å². The summed E-state index contributed by atoms with van der Waals surface area (Å²) in [6, 6.07) is 8.35. The number of methoxy groups -OCH3 is 1. The quantitative estimate of drug-likeness (QED) is 0.761. The predicted molar refractivity (Wildman–Crippen MR) is 67.3 cm³/mol. The van der Waals surface area contributed by atoms with Gasteiger partial charge < -0.3 is 9.47 Å². The van der Waals surface area contributed by atoms with E-state index in [1.807, 2.05) is 12.1 Å². The van der Waals surface area contributed by atoms with E-state index in [9.17, 15) is 4.79 Å². The summed E-state index contributed by atoms with van der Waals surface area (Å²) in [6.07, 6.45) is 2.83. The Morgan fingerprint density at radius 2 is 1.94 bits per heavy atom. The first-order valence-corrected chi connectivity index (χ1v) is 6.51. The van der Waals surface area contributed by atoms with E-state index in [1.54, 1.807) is 7.11 Å². The minimum absolute atomic E-state index is 0.124. The molecule has 0 amide bonds. The van der Waals surface area contributed by atoms with Crippen molar-refractivity contribution in [3.8, 4) is 0 Å². The Hall–Kier alpha value is -1.19. The molecular weight excluding hydrogens is 228 g/mol. The number of fused-ring (bicyclic) bond motifs is 1. The lowest BCUT2D eigenvalue weighted by molar-refractivity contribution is -0.167. The van der Waals surface area contributed by atoms with Crippen LogP contribution in [-0.4, -0.2) is 25.8 Å². The molecule has 1 aromatic rings. The number of hydrogen-bond donors (Lipinski definition) is 0. The SMILES string of the molecule is CO[C@H]1OCCCC2(Cc3ccccc3C2)C1=O. The van der Waals surface area contributed by atoms with Crippen LogP contribution < -0.4 is 0 Å². The summed E-state index contributed by atoms with van der Waals surface area (Å²) in [5, 5.41) is 0. The van der Waals surface area contributed by atoms with Crippen LogP contribution in [0.5, 0.6) is 0 Å². The number of ether oxygens (including phenoxy) is 2. The average molecular weight is 246 g/mol. The lowest BCUT2D eigenvalue weighted by Gasteiger charge is -2.27. The molecule has 18 heavy (non-hydrogen) atoms. The Balaban J connectivity index is 1.94. The normalized spacial score (nSPS) is 26.1. The summed E-state index contributed by atoms with van der Waals surface area (Å²) in [5.74, 6) is 0.124. The van der Waals surface area contributed by atoms with Crippen molar-refractivity contribution >= 4 is 5.78 Å². The molecule has 1 aromatic carbocycles. The van der Waals surface area contributed by atoms with Gasteiger partial charge >= 0.3 is 0 Å². The zero-order valence-corrected chi connectivity index (χ0v) is 10.6. The fraction of sp³-hybridized carbons (Fsp3) is 0.533. The molecule has 3 heteroatoms. The van der Waals surface area contributed by atoms with Crippen molar-refractivity contribution in [2.75, 3.05) is 13.7 Å². The number of carbonyl (C=O) groups is 1. The van der Waals surface area contributed by atoms with Crippen molar-refractivity contribution in [1.29, 1.82) is 0 Å². The molecule has 1 aliphatic heterocycles. The molecule has 3 rings (SSSR count). The summed E-state index contributed by atoms with van der Waals surface area (Å²) in [4.78, 5) is 12.6. The highest BCUT2D eigenvalue weighted by atomic mass is 16.7. The Morgan fingerprint density at radius 1 is 1.28 bits per heavy atom. The average Bonchev–Trinajstić information content (AvgIpc) is 2.70. The molecule has 0 N–H and O–H groups in total. The van der Waals surface area contributed by atoms with Crippen LogP contribution in [0.1, 0.15) is 24.0 Å². The van der Waals surface area contributed by atoms with Crippen molar-refractivity contribution in [2.45, 2.75) is 32.0 Å². The van der Waals surface area contributed by atoms with Gasteiger partial charge in [-0.15, -0.1) is 0 Å². The zero-order valence-electron chi connectivity index (χ0n) is 10.6. The molecule has 1 fully saturated rings. The van der Waals surface area contributed by atoms with Gasteiger partial charge in [-0.1, -0.05) is 24.3 Å². The first kappa shape index (κ1) is 11.9. The van der Waals surface area contributed by atoms with Gasteiger partial charge in [0.1, 0.15) is 0 Å². The number of Topliss-reactive ketones (excluding diaryl/α,β-unsaturated/α-hetero) is 1. The summed E-state index contributed by atoms with van der Waals surface area (Å²) >= 11 is 0. The highest BCUT2D eigenvalue weighted by Crippen LogP contribution is 2.43. The molecular formula is C15H18O3. The molecule has 96 valence electrons. The Bertz CT molecular complexity index is 442. The van der Waals surface area contributed by atoms with Crippen molar-refractivity contribution < 1.29 is 14.3 Å². The maximum atomic E-state index is 12.6. The molecule has 0 aromatic heterocycles. The highest BCUT2D eigenvalue weighted by Gasteiger charge is 2.47. The largest absolute Gasteiger partial charge is 0.349 e. The van der Waals surface area contributed by atoms with Crippen molar-refractivity contribution in [3.05, 3.63) is 35.4 Å². The van der Waals surface area contributed by atoms with Crippen LogP contribution in [0, 0.1) is 5.41 Å². The van der Waals surface area contributed by atoms with Gasteiger partial charge in [0.2, 0.25) is 6.29 Å². The third-order valence-corrected chi connectivity index (χ3v) is 4.20. The summed E-state index contributed by atoms with van der Waals surface area (Å²) in [6.45, 7) is 0.613. The van der Waals surface area contributed by atoms with Crippen molar-refractivity contribution in [2.24, 2.45) is 5.41 Å². The smallest absolute Gasteiger partial charge is 0.218 e. The number of rotatable bonds is 1. The Labute approximate surface area is 107 Å². The molecule has 2 aliphatic rings. The van der Waals surface area contributed by atoms with Gasteiger partial charge in [-0.3, -0.25) is 4.79 Å². The minimum Gasteiger partial charge on any atom is -0.349 e. The van der Waals surface area contributed by atoms with Crippen LogP contribution in [0.4, 0.5) is 0 Å². The van der Waals surface area contributed by atoms with E-state index in [0.29, 0.717) is 6.61 Å². The molecule has 0 bridgehead atoms. The molecule has 1 atom stereocenters. The molecule has 1 heterocycles. The molecule has 0 saturated carbocycles. The van der Waals surface area contributed by atoms with Gasteiger partial charge in [0.05, 0.1) is 6.61 Å². The topological polar surface area (TPSA) is 35.5 Å². The Kier molecular flexibility index (Phi) is 2.96. The zero-order chi connectivity index (χ0) is 12.6. The number of carbonyl (C=O) groups excluding carboxylic acids is 1. The van der Waals surface area contributed by atoms with Gasteiger partial charge in [-0.2, -0.15) is 0 Å². The summed E-state index contributed by atoms with van der Waals surface area (Å²) < 4.78 is 10.7. The van der Waals surface area contributed by atoms with E-state index < -0.39 is 6.29 Å². The monoisotopic (exact) mass is 246 g/mol. The lowest BCUT2D eigenvalue weighted by Crippen LogP contribution is -2.40. The predicted octanol–water partition coefficient (Wildman–Crippen LogP) is 2.12. The molecule has 1 spiro atoms. The standard InChI is InChI=1S/C15H18O3/c1-17-14-13(16)15(7-4-8-18-14)9-11-5-2-3-6-12(11)10-15/h2-3,5-6,14H,4,7-10H2,1H3/t14-/m0/s1. The third kappa shape index (κ3) is 1.78. The summed E-state index contributed by atoms with van der Waals surface area (Å²) in [5.41, 5.74) is 2.33. The fourth-order valence-electron chi connectivity index (χ4n) is 3.27. The summed E-state index contributed by atoms with van der Waals surface area (Å²) in [7, 11) is 1.55. The van der Waals surface area contributed by atoms with E-state index >= 15 is 0 Å². The second-order valence-electron chi connectivity index (χ2n) is 5.31. The van der Waals surface area contributed by atoms with Crippen molar-refractivity contribution in [3.63, 3.8) is 0 Å². The second-order valence-corrected chi connectivity index (χ2v) is 5.31. The van der Waals surface area contributed by atoms with Gasteiger partial charge in [-0.25, -0.2) is 0 Å². The third-order valence-electron chi connectivity index (χ3n) is 4.20. The van der Waals surface area contributed by atoms with E-state index in [-0.39, 0.29) is 11.2 Å². The molecule has 1 saturated heterocycles. The van der Waals surface area contributed by atoms with E-state index in [0.717, 1.165) is 25.7 Å². The number of hydrogen-bond acceptors (Lipinski definition) is 3. The minimum atomic E-state index is -0.679. The van der Waals surface area contributed by atoms with Gasteiger partial charge in [0.15, 0.2) is 5.78 Å². The molecule has 3 nitrogen and oxygen atoms in total. The van der Waals surface area contributed by atoms with Crippen LogP contribution in [-0.2, 0) is 27.1 Å². The lowest BCUT2D eigenvalue weighted by atomic mass is 9.76. The van der Waals surface area contributed by atoms with Gasteiger partial charge in [0.25, 0.3) is 0 Å². The van der Waals surface area contributed by atoms with Crippen LogP contribution in [0.2, 0.25) is 0 Å². The van der Waals surface area contributed by atoms with Crippen LogP contribution >= 0.6 is 0 Å². The van der Waals surface area contributed by atoms with Crippen LogP contribution in [0.15, 0.2) is 24.3 Å². The van der Waals surface area contributed by atoms with E-state index in [1.165, 1.54) is 11.1 Å². The van der Waals surface area contributed by atoms with Gasteiger partial charge in [-0.05, 0) is 36.8 Å². The highest BCUT2D eigenvalue weighted by molar-refractivity contribution is 5.89. The maximum absolute atomic E-state index is 12.6. The first-order valence-electron chi connectivity index (χ1n) is 6.51. The second kappa shape index (κ2) is 4.48. The number of ketones is 1. The molecule has 0 radical (unpaired) electrons. The molecule has 0 unspecified atom stereocenters. The first-order chi connectivity index (χ1) is 8.75. The van der Waals surface area contributed by atoms with E-state index in [2.05, 4.69) is 12.1 Å². The Morgan fingerprint density at radius 3 is 2.56 bits per heavy atom. The van der Waals surface area contributed by atoms with E-state index in [4.69, 9.17) is 9.47 Å².